The van der Waals surface area contributed by atoms with Gasteiger partial charge < -0.3 is 4.74 Å². The molecular weight excluding hydrogens is 150 g/mol. The van der Waals surface area contributed by atoms with E-state index in [2.05, 4.69) is 18.8 Å². The van der Waals surface area contributed by atoms with Crippen LogP contribution in [0, 0.1) is 11.8 Å². The first-order valence-electron chi connectivity index (χ1n) is 4.88. The minimum Gasteiger partial charge on any atom is -0.476 e. The van der Waals surface area contributed by atoms with E-state index < -0.39 is 0 Å². The number of hydrogen-bond acceptors (Lipinski definition) is 2. The molecule has 4 unspecified atom stereocenters. The number of rotatable bonds is 0. The summed E-state index contributed by atoms with van der Waals surface area (Å²) in [5.74, 6) is 2.50. The largest absolute Gasteiger partial charge is 0.476 e. The normalized spacial score (nSPS) is 46.4. The molecule has 1 heterocycles. The monoisotopic (exact) mass is 167 g/mol. The summed E-state index contributed by atoms with van der Waals surface area (Å²) in [6.45, 7) is 6.61. The van der Waals surface area contributed by atoms with Crippen molar-refractivity contribution in [1.29, 1.82) is 0 Å². The van der Waals surface area contributed by atoms with E-state index in [1.54, 1.807) is 0 Å². The molecular formula is C10H17NO. The summed E-state index contributed by atoms with van der Waals surface area (Å²) in [5.41, 5.74) is 0. The van der Waals surface area contributed by atoms with E-state index in [9.17, 15) is 0 Å². The van der Waals surface area contributed by atoms with Gasteiger partial charge in [0.2, 0.25) is 0 Å². The van der Waals surface area contributed by atoms with Crippen LogP contribution < -0.4 is 0 Å². The summed E-state index contributed by atoms with van der Waals surface area (Å²) < 4.78 is 5.63. The van der Waals surface area contributed by atoms with Crippen molar-refractivity contribution < 1.29 is 4.74 Å². The highest BCUT2D eigenvalue weighted by molar-refractivity contribution is 5.75. The molecule has 12 heavy (non-hydrogen) atoms. The smallest absolute Gasteiger partial charge is 0.180 e. The zero-order valence-corrected chi connectivity index (χ0v) is 8.08. The van der Waals surface area contributed by atoms with Gasteiger partial charge in [-0.2, -0.15) is 0 Å². The average molecular weight is 167 g/mol. The van der Waals surface area contributed by atoms with Crippen LogP contribution in [-0.2, 0) is 4.74 Å². The third-order valence-corrected chi connectivity index (χ3v) is 3.29. The number of aliphatic imine (C=N–C) groups is 1. The van der Waals surface area contributed by atoms with Crippen LogP contribution in [0.25, 0.3) is 0 Å². The maximum absolute atomic E-state index is 5.63. The van der Waals surface area contributed by atoms with E-state index in [-0.39, 0.29) is 0 Å². The van der Waals surface area contributed by atoms with Crippen LogP contribution >= 0.6 is 0 Å². The Bertz CT molecular complexity index is 212. The van der Waals surface area contributed by atoms with Crippen molar-refractivity contribution in [2.45, 2.75) is 45.8 Å². The molecule has 2 nitrogen and oxygen atoms in total. The predicted octanol–water partition coefficient (Wildman–Crippen LogP) is 2.24. The van der Waals surface area contributed by atoms with Gasteiger partial charge in [-0.1, -0.05) is 13.8 Å². The Morgan fingerprint density at radius 2 is 1.92 bits per heavy atom. The van der Waals surface area contributed by atoms with Gasteiger partial charge in [-0.15, -0.1) is 0 Å². The van der Waals surface area contributed by atoms with Gasteiger partial charge in [0.1, 0.15) is 6.10 Å². The maximum atomic E-state index is 5.63. The summed E-state index contributed by atoms with van der Waals surface area (Å²) in [4.78, 5) is 4.49. The second-order valence-corrected chi connectivity index (χ2v) is 4.30. The first kappa shape index (κ1) is 8.09. The van der Waals surface area contributed by atoms with E-state index in [0.717, 1.165) is 17.7 Å². The fourth-order valence-electron chi connectivity index (χ4n) is 2.27. The molecule has 0 amide bonds. The molecule has 68 valence electrons. The fraction of sp³-hybridized carbons (Fsp3) is 0.900. The van der Waals surface area contributed by atoms with E-state index in [1.807, 2.05) is 6.92 Å². The molecule has 0 radical (unpaired) electrons. The van der Waals surface area contributed by atoms with Gasteiger partial charge in [0.05, 0.1) is 6.04 Å². The standard InChI is InChI=1S/C10H17NO/c1-6-4-9-10(5-7(6)2)12-8(3)11-9/h6-7,9-10H,4-5H2,1-3H3. The van der Waals surface area contributed by atoms with Crippen molar-refractivity contribution in [3.05, 3.63) is 0 Å². The zero-order valence-electron chi connectivity index (χ0n) is 8.08. The number of hydrogen-bond donors (Lipinski definition) is 0. The average Bonchev–Trinajstić information content (AvgIpc) is 2.30. The Morgan fingerprint density at radius 1 is 1.25 bits per heavy atom. The highest BCUT2D eigenvalue weighted by Gasteiger charge is 2.37. The Morgan fingerprint density at radius 3 is 2.67 bits per heavy atom. The van der Waals surface area contributed by atoms with E-state index in [4.69, 9.17) is 4.74 Å². The highest BCUT2D eigenvalue weighted by Crippen LogP contribution is 2.35. The molecule has 0 saturated heterocycles. The summed E-state index contributed by atoms with van der Waals surface area (Å²) in [7, 11) is 0. The molecule has 2 heteroatoms. The molecule has 1 saturated carbocycles. The summed E-state index contributed by atoms with van der Waals surface area (Å²) in [6.07, 6.45) is 2.80. The number of ether oxygens (including phenoxy) is 1. The van der Waals surface area contributed by atoms with Crippen molar-refractivity contribution >= 4 is 5.90 Å². The lowest BCUT2D eigenvalue weighted by Crippen LogP contribution is -2.34. The van der Waals surface area contributed by atoms with Crippen LogP contribution in [0.3, 0.4) is 0 Å². The van der Waals surface area contributed by atoms with Crippen molar-refractivity contribution in [1.82, 2.24) is 0 Å². The van der Waals surface area contributed by atoms with E-state index >= 15 is 0 Å². The molecule has 1 fully saturated rings. The number of fused-ring (bicyclic) bond motifs is 1. The van der Waals surface area contributed by atoms with Gasteiger partial charge in [-0.3, -0.25) is 0 Å². The second kappa shape index (κ2) is 2.75. The van der Waals surface area contributed by atoms with Crippen LogP contribution in [0.2, 0.25) is 0 Å². The summed E-state index contributed by atoms with van der Waals surface area (Å²) in [6, 6.07) is 0.469. The zero-order chi connectivity index (χ0) is 8.72. The topological polar surface area (TPSA) is 21.6 Å². The van der Waals surface area contributed by atoms with Gasteiger partial charge in [-0.05, 0) is 24.7 Å². The van der Waals surface area contributed by atoms with Crippen LogP contribution in [-0.4, -0.2) is 18.0 Å². The van der Waals surface area contributed by atoms with Gasteiger partial charge in [-0.25, -0.2) is 4.99 Å². The van der Waals surface area contributed by atoms with Gasteiger partial charge >= 0.3 is 0 Å². The number of nitrogens with zero attached hydrogens (tertiary/aromatic N) is 1. The van der Waals surface area contributed by atoms with Crippen molar-refractivity contribution in [3.8, 4) is 0 Å². The molecule has 4 atom stereocenters. The Labute approximate surface area is 74.0 Å². The van der Waals surface area contributed by atoms with Gasteiger partial charge in [0, 0.05) is 6.92 Å². The molecule has 0 N–H and O–H groups in total. The SMILES string of the molecule is CC1=NC2CC(C)C(C)CC2O1. The van der Waals surface area contributed by atoms with E-state index in [1.165, 1.54) is 12.8 Å². The molecule has 2 rings (SSSR count). The minimum absolute atomic E-state index is 0.399. The molecule has 0 aromatic carbocycles. The van der Waals surface area contributed by atoms with Crippen LogP contribution in [0.5, 0.6) is 0 Å². The van der Waals surface area contributed by atoms with Gasteiger partial charge in [0.15, 0.2) is 5.90 Å². The third-order valence-electron chi connectivity index (χ3n) is 3.29. The maximum Gasteiger partial charge on any atom is 0.180 e. The quantitative estimate of drug-likeness (QED) is 0.542. The minimum atomic E-state index is 0.399. The lowest BCUT2D eigenvalue weighted by atomic mass is 9.78. The van der Waals surface area contributed by atoms with Gasteiger partial charge in [0.25, 0.3) is 0 Å². The lowest BCUT2D eigenvalue weighted by Gasteiger charge is -2.32. The molecule has 0 spiro atoms. The summed E-state index contributed by atoms with van der Waals surface area (Å²) in [5, 5.41) is 0. The first-order chi connectivity index (χ1) is 5.66. The van der Waals surface area contributed by atoms with Crippen molar-refractivity contribution in [2.75, 3.05) is 0 Å². The Kier molecular flexibility index (Phi) is 1.85. The van der Waals surface area contributed by atoms with E-state index in [0.29, 0.717) is 12.1 Å². The molecule has 0 bridgehead atoms. The fourth-order valence-corrected chi connectivity index (χ4v) is 2.27. The molecule has 1 aliphatic carbocycles. The highest BCUT2D eigenvalue weighted by atomic mass is 16.5. The Hall–Kier alpha value is -0.530. The summed E-state index contributed by atoms with van der Waals surface area (Å²) >= 11 is 0. The van der Waals surface area contributed by atoms with Crippen LogP contribution in [0.4, 0.5) is 0 Å². The van der Waals surface area contributed by atoms with Crippen molar-refractivity contribution in [3.63, 3.8) is 0 Å². The molecule has 1 aliphatic heterocycles. The first-order valence-corrected chi connectivity index (χ1v) is 4.88. The third kappa shape index (κ3) is 1.23. The molecule has 0 aromatic rings. The lowest BCUT2D eigenvalue weighted by molar-refractivity contribution is 0.0958. The Balaban J connectivity index is 2.07. The molecule has 0 aromatic heterocycles. The molecule has 2 aliphatic rings. The van der Waals surface area contributed by atoms with Crippen LogP contribution in [0.1, 0.15) is 33.6 Å². The second-order valence-electron chi connectivity index (χ2n) is 4.30. The van der Waals surface area contributed by atoms with Crippen molar-refractivity contribution in [2.24, 2.45) is 16.8 Å². The predicted molar refractivity (Wildman–Crippen MR) is 49.3 cm³/mol. The van der Waals surface area contributed by atoms with Crippen LogP contribution in [0.15, 0.2) is 4.99 Å².